The third-order valence-corrected chi connectivity index (χ3v) is 5.21. The quantitative estimate of drug-likeness (QED) is 0.285. The monoisotopic (exact) mass is 388 g/mol. The topological polar surface area (TPSA) is 102 Å². The zero-order valence-electron chi connectivity index (χ0n) is 14.4. The van der Waals surface area contributed by atoms with E-state index in [2.05, 4.69) is 20.2 Å². The maximum atomic E-state index is 12.5. The lowest BCUT2D eigenvalue weighted by Gasteiger charge is -2.01. The molecule has 3 heterocycles. The highest BCUT2D eigenvalue weighted by atomic mass is 32.2. The van der Waals surface area contributed by atoms with Crippen molar-refractivity contribution in [3.8, 4) is 0 Å². The number of H-pyrrole nitrogens is 1. The molecule has 5 rings (SSSR count). The molecule has 2 aromatic carbocycles. The van der Waals surface area contributed by atoms with Gasteiger partial charge in [-0.15, -0.1) is 10.2 Å². The van der Waals surface area contributed by atoms with Crippen molar-refractivity contribution >= 4 is 50.6 Å². The lowest BCUT2D eigenvalue weighted by molar-refractivity contribution is 0.101. The molecule has 1 N–H and O–H groups in total. The van der Waals surface area contributed by atoms with E-state index >= 15 is 0 Å². The van der Waals surface area contributed by atoms with Crippen molar-refractivity contribution in [2.45, 2.75) is 5.16 Å². The Morgan fingerprint density at radius 2 is 1.89 bits per heavy atom. The van der Waals surface area contributed by atoms with E-state index in [1.54, 1.807) is 24.3 Å². The van der Waals surface area contributed by atoms with Crippen LogP contribution in [0.25, 0.3) is 33.0 Å². The number of thioether (sulfide) groups is 1. The van der Waals surface area contributed by atoms with E-state index in [0.29, 0.717) is 27.3 Å². The highest BCUT2D eigenvalue weighted by Crippen LogP contribution is 2.23. The molecule has 0 unspecified atom stereocenters. The zero-order chi connectivity index (χ0) is 19.1. The predicted octanol–water partition coefficient (Wildman–Crippen LogP) is 3.59. The number of fused-ring (bicyclic) bond motifs is 4. The van der Waals surface area contributed by atoms with Crippen LogP contribution in [-0.2, 0) is 0 Å². The Morgan fingerprint density at radius 3 is 2.82 bits per heavy atom. The van der Waals surface area contributed by atoms with Crippen molar-refractivity contribution in [2.24, 2.45) is 0 Å². The van der Waals surface area contributed by atoms with Crippen LogP contribution in [0.3, 0.4) is 0 Å². The molecule has 136 valence electrons. The Labute approximate surface area is 161 Å². The van der Waals surface area contributed by atoms with Gasteiger partial charge in [0, 0.05) is 16.3 Å². The Morgan fingerprint density at radius 1 is 1.07 bits per heavy atom. The van der Waals surface area contributed by atoms with E-state index in [1.807, 2.05) is 30.3 Å². The molecule has 0 aliphatic heterocycles. The van der Waals surface area contributed by atoms with Gasteiger partial charge in [-0.3, -0.25) is 4.79 Å². The molecule has 0 saturated carbocycles. The first kappa shape index (κ1) is 16.6. The molecule has 0 aliphatic carbocycles. The SMILES string of the molecule is O=C(CSc1nnc2c(n1)[nH]c1ccccc12)c1cc2ccccc2oc1=O. The number of Topliss-reactive ketones (excluding diaryl/α,β-unsaturated/α-hetero) is 1. The number of para-hydroxylation sites is 2. The summed E-state index contributed by atoms with van der Waals surface area (Å²) in [6.07, 6.45) is 0. The Bertz CT molecular complexity index is 1420. The zero-order valence-corrected chi connectivity index (χ0v) is 15.2. The van der Waals surface area contributed by atoms with Crippen LogP contribution in [0.4, 0.5) is 0 Å². The molecule has 28 heavy (non-hydrogen) atoms. The smallest absolute Gasteiger partial charge is 0.347 e. The standard InChI is InChI=1S/C20H12N4O3S/c25-15(13-9-11-5-1-4-8-16(11)27-19(13)26)10-28-20-22-18-17(23-24-20)12-6-2-3-7-14(12)21-18/h1-9H,10H2,(H,21,22,24). The number of aromatic amines is 1. The number of carbonyl (C=O) groups is 1. The van der Waals surface area contributed by atoms with Crippen LogP contribution >= 0.6 is 11.8 Å². The van der Waals surface area contributed by atoms with Gasteiger partial charge in [-0.25, -0.2) is 9.78 Å². The van der Waals surface area contributed by atoms with Gasteiger partial charge in [-0.1, -0.05) is 48.2 Å². The number of carbonyl (C=O) groups excluding carboxylic acids is 1. The van der Waals surface area contributed by atoms with Crippen LogP contribution in [0.1, 0.15) is 10.4 Å². The van der Waals surface area contributed by atoms with Crippen molar-refractivity contribution in [3.05, 3.63) is 70.6 Å². The first-order chi connectivity index (χ1) is 13.7. The summed E-state index contributed by atoms with van der Waals surface area (Å²) in [6, 6.07) is 16.4. The lowest BCUT2D eigenvalue weighted by atomic mass is 10.1. The van der Waals surface area contributed by atoms with E-state index in [9.17, 15) is 9.59 Å². The van der Waals surface area contributed by atoms with Crippen LogP contribution in [0.15, 0.2) is 69.0 Å². The first-order valence-corrected chi connectivity index (χ1v) is 9.47. The average molecular weight is 388 g/mol. The van der Waals surface area contributed by atoms with Crippen LogP contribution in [-0.4, -0.2) is 31.7 Å². The largest absolute Gasteiger partial charge is 0.422 e. The number of nitrogens with zero attached hydrogens (tertiary/aromatic N) is 3. The summed E-state index contributed by atoms with van der Waals surface area (Å²) < 4.78 is 5.22. The molecule has 0 saturated heterocycles. The maximum absolute atomic E-state index is 12.5. The Balaban J connectivity index is 1.41. The Kier molecular flexibility index (Phi) is 3.91. The minimum Gasteiger partial charge on any atom is -0.422 e. The van der Waals surface area contributed by atoms with Gasteiger partial charge in [-0.05, 0) is 18.2 Å². The first-order valence-electron chi connectivity index (χ1n) is 8.49. The number of benzene rings is 2. The van der Waals surface area contributed by atoms with E-state index in [4.69, 9.17) is 4.42 Å². The molecule has 0 atom stereocenters. The van der Waals surface area contributed by atoms with E-state index in [1.165, 1.54) is 0 Å². The molecule has 0 amide bonds. The van der Waals surface area contributed by atoms with Crippen LogP contribution in [0.2, 0.25) is 0 Å². The van der Waals surface area contributed by atoms with Crippen LogP contribution in [0.5, 0.6) is 0 Å². The molecule has 0 bridgehead atoms. The fraction of sp³-hybridized carbons (Fsp3) is 0.0500. The van der Waals surface area contributed by atoms with Crippen molar-refractivity contribution < 1.29 is 9.21 Å². The molecule has 0 aliphatic rings. The third kappa shape index (κ3) is 2.84. The average Bonchev–Trinajstić information content (AvgIpc) is 3.09. The van der Waals surface area contributed by atoms with Gasteiger partial charge < -0.3 is 9.40 Å². The molecule has 7 nitrogen and oxygen atoms in total. The van der Waals surface area contributed by atoms with Gasteiger partial charge in [0.25, 0.3) is 0 Å². The number of hydrogen-bond acceptors (Lipinski definition) is 7. The van der Waals surface area contributed by atoms with Crippen LogP contribution in [0, 0.1) is 0 Å². The molecule has 5 aromatic rings. The fourth-order valence-corrected chi connectivity index (χ4v) is 3.70. The predicted molar refractivity (Wildman–Crippen MR) is 107 cm³/mol. The van der Waals surface area contributed by atoms with Crippen molar-refractivity contribution in [3.63, 3.8) is 0 Å². The summed E-state index contributed by atoms with van der Waals surface area (Å²) >= 11 is 1.13. The molecule has 0 radical (unpaired) electrons. The summed E-state index contributed by atoms with van der Waals surface area (Å²) in [5, 5.41) is 10.3. The highest BCUT2D eigenvalue weighted by molar-refractivity contribution is 7.99. The van der Waals surface area contributed by atoms with Gasteiger partial charge in [0.15, 0.2) is 11.4 Å². The highest BCUT2D eigenvalue weighted by Gasteiger charge is 2.16. The summed E-state index contributed by atoms with van der Waals surface area (Å²) in [7, 11) is 0. The fourth-order valence-electron chi connectivity index (χ4n) is 3.03. The summed E-state index contributed by atoms with van der Waals surface area (Å²) in [4.78, 5) is 32.3. The second-order valence-corrected chi connectivity index (χ2v) is 7.10. The number of aromatic nitrogens is 4. The van der Waals surface area contributed by atoms with Gasteiger partial charge in [-0.2, -0.15) is 0 Å². The van der Waals surface area contributed by atoms with Crippen molar-refractivity contribution in [2.75, 3.05) is 5.75 Å². The lowest BCUT2D eigenvalue weighted by Crippen LogP contribution is -2.15. The van der Waals surface area contributed by atoms with E-state index < -0.39 is 5.63 Å². The third-order valence-electron chi connectivity index (χ3n) is 4.38. The molecular formula is C20H12N4O3S. The summed E-state index contributed by atoms with van der Waals surface area (Å²) in [5.74, 6) is -0.332. The van der Waals surface area contributed by atoms with Crippen molar-refractivity contribution in [1.82, 2.24) is 20.2 Å². The van der Waals surface area contributed by atoms with Gasteiger partial charge in [0.1, 0.15) is 16.7 Å². The summed E-state index contributed by atoms with van der Waals surface area (Å²) in [6.45, 7) is 0. The Hall–Kier alpha value is -3.52. The maximum Gasteiger partial charge on any atom is 0.347 e. The molecule has 8 heteroatoms. The normalized spacial score (nSPS) is 11.4. The van der Waals surface area contributed by atoms with Crippen molar-refractivity contribution in [1.29, 1.82) is 0 Å². The second-order valence-electron chi connectivity index (χ2n) is 6.16. The number of hydrogen-bond donors (Lipinski definition) is 1. The summed E-state index contributed by atoms with van der Waals surface area (Å²) in [5.41, 5.74) is 2.04. The van der Waals surface area contributed by atoms with E-state index in [0.717, 1.165) is 22.7 Å². The molecule has 3 aromatic heterocycles. The second kappa shape index (κ2) is 6.58. The van der Waals surface area contributed by atoms with Gasteiger partial charge >= 0.3 is 5.63 Å². The van der Waals surface area contributed by atoms with Gasteiger partial charge in [0.2, 0.25) is 5.16 Å². The number of rotatable bonds is 4. The van der Waals surface area contributed by atoms with E-state index in [-0.39, 0.29) is 17.1 Å². The minimum atomic E-state index is -0.644. The molecule has 0 fully saturated rings. The molecule has 0 spiro atoms. The number of nitrogens with one attached hydrogen (secondary N) is 1. The van der Waals surface area contributed by atoms with Crippen LogP contribution < -0.4 is 5.63 Å². The van der Waals surface area contributed by atoms with Gasteiger partial charge in [0.05, 0.1) is 5.75 Å². The molecular weight excluding hydrogens is 376 g/mol. The number of ketones is 1. The minimum absolute atomic E-state index is 0.0104.